The topological polar surface area (TPSA) is 72.9 Å². The summed E-state index contributed by atoms with van der Waals surface area (Å²) in [5.41, 5.74) is -4.86. The van der Waals surface area contributed by atoms with Crippen LogP contribution in [-0.2, 0) is 30.4 Å². The number of halogens is 3. The van der Waals surface area contributed by atoms with Gasteiger partial charge >= 0.3 is 21.6 Å². The lowest BCUT2D eigenvalue weighted by atomic mass is 10.1. The van der Waals surface area contributed by atoms with Crippen LogP contribution >= 0.6 is 0 Å². The number of benzene rings is 1. The Labute approximate surface area is 142 Å². The van der Waals surface area contributed by atoms with Gasteiger partial charge in [-0.1, -0.05) is 30.3 Å². The first-order chi connectivity index (χ1) is 11.6. The summed E-state index contributed by atoms with van der Waals surface area (Å²) in [6, 6.07) is 9.23. The Kier molecular flexibility index (Phi) is 5.73. The van der Waals surface area contributed by atoms with Crippen LogP contribution in [0.4, 0.5) is 13.2 Å². The molecule has 0 unspecified atom stereocenters. The molecule has 2 rings (SSSR count). The minimum absolute atomic E-state index is 0.0791. The minimum Gasteiger partial charge on any atom is -0.466 e. The van der Waals surface area contributed by atoms with Crippen molar-refractivity contribution in [1.29, 1.82) is 0 Å². The summed E-state index contributed by atoms with van der Waals surface area (Å²) in [5.74, 6) is -1.46. The Morgan fingerprint density at radius 2 is 1.88 bits per heavy atom. The zero-order valence-electron chi connectivity index (χ0n) is 13.2. The molecule has 1 aromatic carbocycles. The number of nitrogens with zero attached hydrogens (tertiary/aromatic N) is 1. The van der Waals surface area contributed by atoms with Crippen molar-refractivity contribution >= 4 is 16.1 Å². The number of hydrogen-bond donors (Lipinski definition) is 0. The maximum atomic E-state index is 12.5. The van der Waals surface area contributed by atoms with Gasteiger partial charge in [0.25, 0.3) is 0 Å². The molecule has 0 spiro atoms. The molecule has 1 aliphatic rings. The van der Waals surface area contributed by atoms with Crippen molar-refractivity contribution in [3.05, 3.63) is 47.2 Å². The van der Waals surface area contributed by atoms with Crippen molar-refractivity contribution in [3.63, 3.8) is 0 Å². The van der Waals surface area contributed by atoms with E-state index in [2.05, 4.69) is 8.92 Å². The summed E-state index contributed by atoms with van der Waals surface area (Å²) in [5, 5.41) is 0. The van der Waals surface area contributed by atoms with Gasteiger partial charge in [-0.05, 0) is 5.56 Å². The van der Waals surface area contributed by atoms with Crippen molar-refractivity contribution in [2.45, 2.75) is 18.5 Å². The average Bonchev–Trinajstić information content (AvgIpc) is 2.55. The van der Waals surface area contributed by atoms with E-state index in [0.717, 1.165) is 12.7 Å². The molecule has 0 saturated heterocycles. The molecular formula is C15H16F3NO5S. The molecule has 0 saturated carbocycles. The molecule has 0 radical (unpaired) electrons. The number of alkyl halides is 3. The van der Waals surface area contributed by atoms with Crippen molar-refractivity contribution in [2.75, 3.05) is 20.2 Å². The number of carbonyl (C=O) groups is 1. The van der Waals surface area contributed by atoms with Crippen molar-refractivity contribution in [3.8, 4) is 0 Å². The van der Waals surface area contributed by atoms with Gasteiger partial charge in [0, 0.05) is 26.1 Å². The predicted octanol–water partition coefficient (Wildman–Crippen LogP) is 2.19. The number of ether oxygens (including phenoxy) is 1. The molecule has 0 bridgehead atoms. The van der Waals surface area contributed by atoms with E-state index in [0.29, 0.717) is 6.54 Å². The lowest BCUT2D eigenvalue weighted by Gasteiger charge is -2.29. The quantitative estimate of drug-likeness (QED) is 0.444. The molecule has 6 nitrogen and oxygen atoms in total. The van der Waals surface area contributed by atoms with Crippen LogP contribution in [-0.4, -0.2) is 45.0 Å². The van der Waals surface area contributed by atoms with Gasteiger partial charge in [-0.25, -0.2) is 4.79 Å². The van der Waals surface area contributed by atoms with Gasteiger partial charge in [0.05, 0.1) is 12.7 Å². The fourth-order valence-electron chi connectivity index (χ4n) is 2.35. The second-order valence-corrected chi connectivity index (χ2v) is 6.86. The van der Waals surface area contributed by atoms with E-state index in [1.54, 1.807) is 4.90 Å². The van der Waals surface area contributed by atoms with Gasteiger partial charge in [0.2, 0.25) is 0 Å². The second kappa shape index (κ2) is 7.44. The van der Waals surface area contributed by atoms with Crippen molar-refractivity contribution in [1.82, 2.24) is 4.90 Å². The van der Waals surface area contributed by atoms with Gasteiger partial charge in [0.15, 0.2) is 0 Å². The van der Waals surface area contributed by atoms with Crippen LogP contribution in [0, 0.1) is 0 Å². The summed E-state index contributed by atoms with van der Waals surface area (Å²) in [6.07, 6.45) is -0.160. The minimum atomic E-state index is -5.83. The molecule has 10 heteroatoms. The standard InChI is InChI=1S/C15H16F3NO5S/c1-23-14(20)12-10-19(9-11-5-3-2-4-6-11)8-7-13(12)24-25(21,22)15(16,17)18/h2-6H,7-10H2,1H3. The average molecular weight is 379 g/mol. The molecule has 0 aliphatic carbocycles. The molecule has 1 aliphatic heterocycles. The third kappa shape index (κ3) is 4.73. The lowest BCUT2D eigenvalue weighted by molar-refractivity contribution is -0.136. The SMILES string of the molecule is COC(=O)C1=C(OS(=O)(=O)C(F)(F)F)CCN(Cc2ccccc2)C1. The largest absolute Gasteiger partial charge is 0.534 e. The Bertz CT molecular complexity index is 759. The van der Waals surface area contributed by atoms with E-state index in [9.17, 15) is 26.4 Å². The number of rotatable bonds is 5. The summed E-state index contributed by atoms with van der Waals surface area (Å²) >= 11 is 0. The highest BCUT2D eigenvalue weighted by atomic mass is 32.2. The van der Waals surface area contributed by atoms with Crippen LogP contribution in [0.1, 0.15) is 12.0 Å². The number of hydrogen-bond acceptors (Lipinski definition) is 6. The molecule has 0 fully saturated rings. The number of carbonyl (C=O) groups excluding carboxylic acids is 1. The van der Waals surface area contributed by atoms with Crippen LogP contribution in [0.15, 0.2) is 41.7 Å². The van der Waals surface area contributed by atoms with Crippen LogP contribution in [0.2, 0.25) is 0 Å². The first kappa shape index (κ1) is 19.3. The van der Waals surface area contributed by atoms with E-state index in [1.165, 1.54) is 0 Å². The maximum absolute atomic E-state index is 12.5. The van der Waals surface area contributed by atoms with Crippen LogP contribution < -0.4 is 0 Å². The highest BCUT2D eigenvalue weighted by Crippen LogP contribution is 2.30. The highest BCUT2D eigenvalue weighted by molar-refractivity contribution is 7.87. The zero-order chi connectivity index (χ0) is 18.7. The van der Waals surface area contributed by atoms with E-state index in [1.807, 2.05) is 30.3 Å². The molecule has 0 amide bonds. The van der Waals surface area contributed by atoms with E-state index < -0.39 is 27.4 Å². The third-order valence-electron chi connectivity index (χ3n) is 3.55. The second-order valence-electron chi connectivity index (χ2n) is 5.32. The molecular weight excluding hydrogens is 363 g/mol. The Hall–Kier alpha value is -2.07. The summed E-state index contributed by atoms with van der Waals surface area (Å²) in [7, 11) is -4.78. The molecule has 138 valence electrons. The van der Waals surface area contributed by atoms with Crippen LogP contribution in [0.5, 0.6) is 0 Å². The molecule has 0 N–H and O–H groups in total. The fraction of sp³-hybridized carbons (Fsp3) is 0.400. The van der Waals surface area contributed by atoms with Crippen LogP contribution in [0.25, 0.3) is 0 Å². The Morgan fingerprint density at radius 1 is 1.24 bits per heavy atom. The normalized spacial score (nSPS) is 16.6. The van der Waals surface area contributed by atoms with E-state index in [4.69, 9.17) is 0 Å². The van der Waals surface area contributed by atoms with Crippen molar-refractivity contribution < 1.29 is 35.3 Å². The number of esters is 1. The zero-order valence-corrected chi connectivity index (χ0v) is 14.1. The lowest BCUT2D eigenvalue weighted by Crippen LogP contribution is -2.36. The monoisotopic (exact) mass is 379 g/mol. The molecule has 0 aromatic heterocycles. The number of methoxy groups -OCH3 is 1. The smallest absolute Gasteiger partial charge is 0.466 e. The molecule has 25 heavy (non-hydrogen) atoms. The first-order valence-electron chi connectivity index (χ1n) is 7.21. The van der Waals surface area contributed by atoms with Gasteiger partial charge in [-0.3, -0.25) is 4.90 Å². The fourth-order valence-corrected chi connectivity index (χ4v) is 2.89. The Morgan fingerprint density at radius 3 is 2.44 bits per heavy atom. The molecule has 1 heterocycles. The van der Waals surface area contributed by atoms with Gasteiger partial charge in [0.1, 0.15) is 5.76 Å². The molecule has 1 aromatic rings. The summed E-state index contributed by atoms with van der Waals surface area (Å²) < 4.78 is 68.6. The first-order valence-corrected chi connectivity index (χ1v) is 8.62. The van der Waals surface area contributed by atoms with E-state index >= 15 is 0 Å². The van der Waals surface area contributed by atoms with Gasteiger partial charge in [-0.15, -0.1) is 0 Å². The van der Waals surface area contributed by atoms with Crippen molar-refractivity contribution in [2.24, 2.45) is 0 Å². The predicted molar refractivity (Wildman–Crippen MR) is 81.4 cm³/mol. The maximum Gasteiger partial charge on any atom is 0.534 e. The summed E-state index contributed by atoms with van der Waals surface area (Å²) in [4.78, 5) is 13.6. The molecule has 0 atom stereocenters. The third-order valence-corrected chi connectivity index (χ3v) is 4.54. The Balaban J connectivity index is 2.23. The van der Waals surface area contributed by atoms with Crippen LogP contribution in [0.3, 0.4) is 0 Å². The van der Waals surface area contributed by atoms with Gasteiger partial charge in [-0.2, -0.15) is 21.6 Å². The highest BCUT2D eigenvalue weighted by Gasteiger charge is 2.49. The van der Waals surface area contributed by atoms with E-state index in [-0.39, 0.29) is 25.1 Å². The summed E-state index contributed by atoms with van der Waals surface area (Å²) in [6.45, 7) is 0.600. The van der Waals surface area contributed by atoms with Gasteiger partial charge < -0.3 is 8.92 Å².